The van der Waals surface area contributed by atoms with Crippen LogP contribution in [-0.2, 0) is 7.05 Å². The van der Waals surface area contributed by atoms with Gasteiger partial charge in [-0.1, -0.05) is 24.8 Å². The van der Waals surface area contributed by atoms with E-state index < -0.39 is 5.91 Å². The first-order chi connectivity index (χ1) is 14.4. The van der Waals surface area contributed by atoms with E-state index in [1.807, 2.05) is 18.1 Å². The van der Waals surface area contributed by atoms with E-state index in [0.717, 1.165) is 13.0 Å². The summed E-state index contributed by atoms with van der Waals surface area (Å²) in [6, 6.07) is 5.09. The minimum absolute atomic E-state index is 0.155. The van der Waals surface area contributed by atoms with Crippen molar-refractivity contribution in [1.29, 1.82) is 0 Å². The van der Waals surface area contributed by atoms with Crippen molar-refractivity contribution >= 4 is 29.3 Å². The molecule has 30 heavy (non-hydrogen) atoms. The number of hydrazone groups is 1. The minimum atomic E-state index is -0.443. The third-order valence-electron chi connectivity index (χ3n) is 4.40. The van der Waals surface area contributed by atoms with E-state index in [2.05, 4.69) is 38.5 Å². The van der Waals surface area contributed by atoms with Gasteiger partial charge in [0.15, 0.2) is 5.69 Å². The van der Waals surface area contributed by atoms with Crippen molar-refractivity contribution in [1.82, 2.24) is 25.1 Å². The van der Waals surface area contributed by atoms with Crippen molar-refractivity contribution in [2.45, 2.75) is 12.8 Å². The number of nitrogens with zero attached hydrogens (tertiary/aromatic N) is 5. The number of allylic oxidation sites excluding steroid dienone is 1. The fourth-order valence-electron chi connectivity index (χ4n) is 2.82. The van der Waals surface area contributed by atoms with Gasteiger partial charge in [0.25, 0.3) is 11.8 Å². The van der Waals surface area contributed by atoms with Crippen molar-refractivity contribution < 1.29 is 9.59 Å². The summed E-state index contributed by atoms with van der Waals surface area (Å²) in [5.41, 5.74) is 1.81. The summed E-state index contributed by atoms with van der Waals surface area (Å²) in [6.45, 7) is 5.19. The molecule has 9 nitrogen and oxygen atoms in total. The van der Waals surface area contributed by atoms with E-state index in [1.165, 1.54) is 4.68 Å². The number of amides is 2. The number of aromatic nitrogens is 3. The van der Waals surface area contributed by atoms with Gasteiger partial charge in [0.2, 0.25) is 0 Å². The average molecular weight is 407 g/mol. The van der Waals surface area contributed by atoms with Gasteiger partial charge >= 0.3 is 0 Å². The number of carbonyl (C=O) groups is 2. The van der Waals surface area contributed by atoms with Crippen LogP contribution in [0.3, 0.4) is 0 Å². The number of nitrogens with one attached hydrogen (secondary N) is 2. The molecule has 0 atom stereocenters. The van der Waals surface area contributed by atoms with Crippen LogP contribution in [0.2, 0.25) is 0 Å². The standard InChI is InChI=1S/C21H25N7O2/c1-15-13-23-27(2)12-7-5-4-6-11-22-21(30)19-18(14-28(3)26-19)25-20(29)17-10-8-9-16(15)24-17/h4-5,8-10,13-14H,1,6-7,11-12H2,2-3H3,(H,22,30)(H,25,29)/b5-4-,23-13-. The average Bonchev–Trinajstić information content (AvgIpc) is 3.10. The summed E-state index contributed by atoms with van der Waals surface area (Å²) in [7, 11) is 3.56. The first kappa shape index (κ1) is 21.0. The van der Waals surface area contributed by atoms with Gasteiger partial charge in [-0.05, 0) is 25.0 Å². The lowest BCUT2D eigenvalue weighted by Gasteiger charge is -2.11. The maximum absolute atomic E-state index is 12.7. The van der Waals surface area contributed by atoms with E-state index in [4.69, 9.17) is 0 Å². The van der Waals surface area contributed by atoms with Crippen LogP contribution in [0.4, 0.5) is 5.69 Å². The van der Waals surface area contributed by atoms with Gasteiger partial charge in [0.05, 0.1) is 17.6 Å². The van der Waals surface area contributed by atoms with Crippen LogP contribution in [0.25, 0.3) is 5.57 Å². The van der Waals surface area contributed by atoms with Crippen LogP contribution in [0, 0.1) is 0 Å². The van der Waals surface area contributed by atoms with Crippen LogP contribution in [0.1, 0.15) is 39.5 Å². The summed E-state index contributed by atoms with van der Waals surface area (Å²) in [5.74, 6) is -0.790. The molecule has 0 saturated heterocycles. The third kappa shape index (κ3) is 5.40. The summed E-state index contributed by atoms with van der Waals surface area (Å²) in [6.07, 6.45) is 8.80. The number of hydrogen-bond donors (Lipinski definition) is 2. The maximum Gasteiger partial charge on any atom is 0.274 e. The molecule has 0 aliphatic carbocycles. The molecule has 0 unspecified atom stereocenters. The highest BCUT2D eigenvalue weighted by atomic mass is 16.2. The molecule has 0 radical (unpaired) electrons. The zero-order valence-corrected chi connectivity index (χ0v) is 17.1. The molecule has 2 bridgehead atoms. The number of hydrogen-bond acceptors (Lipinski definition) is 6. The Morgan fingerprint density at radius 3 is 2.67 bits per heavy atom. The Morgan fingerprint density at radius 2 is 1.83 bits per heavy atom. The molecule has 3 rings (SSSR count). The predicted octanol–water partition coefficient (Wildman–Crippen LogP) is 2.08. The Morgan fingerprint density at radius 1 is 1.07 bits per heavy atom. The summed E-state index contributed by atoms with van der Waals surface area (Å²) >= 11 is 0. The molecule has 0 spiro atoms. The lowest BCUT2D eigenvalue weighted by atomic mass is 10.2. The van der Waals surface area contributed by atoms with E-state index >= 15 is 0 Å². The molecular formula is C21H25N7O2. The molecular weight excluding hydrogens is 382 g/mol. The monoisotopic (exact) mass is 407 g/mol. The van der Waals surface area contributed by atoms with Crippen LogP contribution in [-0.4, -0.2) is 57.9 Å². The molecule has 3 heterocycles. The molecule has 2 N–H and O–H groups in total. The van der Waals surface area contributed by atoms with Crippen molar-refractivity contribution in [2.75, 3.05) is 25.5 Å². The second kappa shape index (κ2) is 9.64. The van der Waals surface area contributed by atoms with Crippen LogP contribution < -0.4 is 10.6 Å². The van der Waals surface area contributed by atoms with Crippen molar-refractivity contribution in [3.8, 4) is 0 Å². The fourth-order valence-corrected chi connectivity index (χ4v) is 2.82. The quantitative estimate of drug-likeness (QED) is 0.651. The normalized spacial score (nSPS) is 18.3. The highest BCUT2D eigenvalue weighted by molar-refractivity contribution is 6.09. The Kier molecular flexibility index (Phi) is 6.74. The molecule has 0 fully saturated rings. The number of aryl methyl sites for hydroxylation is 1. The van der Waals surface area contributed by atoms with Gasteiger partial charge in [-0.25, -0.2) is 4.98 Å². The Labute approximate surface area is 175 Å². The zero-order valence-electron chi connectivity index (χ0n) is 17.1. The van der Waals surface area contributed by atoms with Crippen LogP contribution in [0.5, 0.6) is 0 Å². The summed E-state index contributed by atoms with van der Waals surface area (Å²) < 4.78 is 1.48. The van der Waals surface area contributed by atoms with Gasteiger partial charge in [-0.3, -0.25) is 19.3 Å². The zero-order chi connectivity index (χ0) is 21.5. The highest BCUT2D eigenvalue weighted by Gasteiger charge is 2.19. The molecule has 2 aromatic rings. The molecule has 0 saturated carbocycles. The first-order valence-electron chi connectivity index (χ1n) is 9.63. The van der Waals surface area contributed by atoms with E-state index in [0.29, 0.717) is 29.9 Å². The topological polar surface area (TPSA) is 105 Å². The number of rotatable bonds is 0. The number of anilines is 1. The second-order valence-electron chi connectivity index (χ2n) is 6.88. The predicted molar refractivity (Wildman–Crippen MR) is 116 cm³/mol. The van der Waals surface area contributed by atoms with Crippen LogP contribution in [0.15, 0.2) is 48.2 Å². The lowest BCUT2D eigenvalue weighted by Crippen LogP contribution is -2.26. The molecule has 156 valence electrons. The summed E-state index contributed by atoms with van der Waals surface area (Å²) in [4.78, 5) is 29.6. The van der Waals surface area contributed by atoms with Gasteiger partial charge in [0, 0.05) is 39.0 Å². The molecule has 1 aliphatic rings. The van der Waals surface area contributed by atoms with Gasteiger partial charge in [-0.2, -0.15) is 10.2 Å². The van der Waals surface area contributed by atoms with E-state index in [1.54, 1.807) is 37.7 Å². The third-order valence-corrected chi connectivity index (χ3v) is 4.40. The van der Waals surface area contributed by atoms with Gasteiger partial charge in [0.1, 0.15) is 5.69 Å². The number of fused-ring (bicyclic) bond motifs is 3. The van der Waals surface area contributed by atoms with Crippen molar-refractivity contribution in [2.24, 2.45) is 12.1 Å². The molecule has 2 aromatic heterocycles. The smallest absolute Gasteiger partial charge is 0.274 e. The van der Waals surface area contributed by atoms with Crippen molar-refractivity contribution in [3.63, 3.8) is 0 Å². The van der Waals surface area contributed by atoms with Gasteiger partial charge < -0.3 is 10.6 Å². The SMILES string of the molecule is C=C1/C=N\N(C)CC/C=C\CCNC(=O)c2nn(C)cc2NC(=O)c2cccc1n2. The summed E-state index contributed by atoms with van der Waals surface area (Å²) in [5, 5.41) is 15.9. The van der Waals surface area contributed by atoms with Gasteiger partial charge in [-0.15, -0.1) is 0 Å². The Balaban J connectivity index is 1.90. The Hall–Kier alpha value is -3.75. The molecule has 9 heteroatoms. The number of pyridine rings is 1. The molecule has 0 aromatic carbocycles. The fraction of sp³-hybridized carbons (Fsp3) is 0.286. The Bertz CT molecular complexity index is 1010. The maximum atomic E-state index is 12.7. The highest BCUT2D eigenvalue weighted by Crippen LogP contribution is 2.15. The largest absolute Gasteiger partial charge is 0.350 e. The first-order valence-corrected chi connectivity index (χ1v) is 9.63. The van der Waals surface area contributed by atoms with E-state index in [9.17, 15) is 9.59 Å². The van der Waals surface area contributed by atoms with Crippen LogP contribution >= 0.6 is 0 Å². The lowest BCUT2D eigenvalue weighted by molar-refractivity contribution is 0.0949. The van der Waals surface area contributed by atoms with E-state index in [-0.39, 0.29) is 17.3 Å². The number of carbonyl (C=O) groups excluding carboxylic acids is 2. The minimum Gasteiger partial charge on any atom is -0.350 e. The van der Waals surface area contributed by atoms with Crippen molar-refractivity contribution in [3.05, 3.63) is 60.2 Å². The molecule has 2 amide bonds. The molecule has 1 aliphatic heterocycles. The second-order valence-corrected chi connectivity index (χ2v) is 6.88.